The van der Waals surface area contributed by atoms with Crippen molar-refractivity contribution >= 4 is 0 Å². The minimum absolute atomic E-state index is 0.332. The van der Waals surface area contributed by atoms with Gasteiger partial charge in [0.05, 0.1) is 12.2 Å². The van der Waals surface area contributed by atoms with Crippen molar-refractivity contribution < 1.29 is 19.3 Å². The highest BCUT2D eigenvalue weighted by atomic mass is 16.5. The fraction of sp³-hybridized carbons (Fsp3) is 1.00. The highest BCUT2D eigenvalue weighted by molar-refractivity contribution is 4.87. The van der Waals surface area contributed by atoms with Crippen molar-refractivity contribution in [1.82, 2.24) is 0 Å². The Morgan fingerprint density at radius 1 is 0.588 bits per heavy atom. The van der Waals surface area contributed by atoms with Crippen LogP contribution in [-0.4, -0.2) is 50.3 Å². The molecule has 0 amide bonds. The van der Waals surface area contributed by atoms with Gasteiger partial charge in [-0.05, 0) is 107 Å². The van der Waals surface area contributed by atoms with E-state index in [2.05, 4.69) is 6.92 Å². The lowest BCUT2D eigenvalue weighted by Gasteiger charge is -2.42. The van der Waals surface area contributed by atoms with Gasteiger partial charge < -0.3 is 19.3 Å². The Bertz CT molecular complexity index is 490. The second kappa shape index (κ2) is 17.3. The second-order valence-corrected chi connectivity index (χ2v) is 11.7. The van der Waals surface area contributed by atoms with E-state index >= 15 is 0 Å². The molecule has 0 saturated heterocycles. The molecule has 200 valence electrons. The fourth-order valence-corrected chi connectivity index (χ4v) is 6.89. The van der Waals surface area contributed by atoms with Crippen LogP contribution in [-0.2, 0) is 14.2 Å². The van der Waals surface area contributed by atoms with Gasteiger partial charge in [-0.15, -0.1) is 0 Å². The lowest BCUT2D eigenvalue weighted by atomic mass is 9.65. The highest BCUT2D eigenvalue weighted by Gasteiger charge is 2.36. The molecule has 4 unspecified atom stereocenters. The molecule has 1 N–H and O–H groups in total. The first-order chi connectivity index (χ1) is 16.8. The van der Waals surface area contributed by atoms with E-state index in [0.29, 0.717) is 18.8 Å². The molecule has 3 rings (SSSR count). The summed E-state index contributed by atoms with van der Waals surface area (Å²) in [6.07, 6.45) is 24.3. The monoisotopic (exact) mass is 480 g/mol. The summed E-state index contributed by atoms with van der Waals surface area (Å²) >= 11 is 0. The number of fused-ring (bicyclic) bond motifs is 1. The molecule has 4 heteroatoms. The summed E-state index contributed by atoms with van der Waals surface area (Å²) in [6.45, 7) is 6.04. The van der Waals surface area contributed by atoms with Gasteiger partial charge in [0.25, 0.3) is 0 Å². The van der Waals surface area contributed by atoms with Gasteiger partial charge in [0.2, 0.25) is 0 Å². The zero-order chi connectivity index (χ0) is 23.8. The predicted octanol–water partition coefficient (Wildman–Crippen LogP) is 7.31. The lowest BCUT2D eigenvalue weighted by Crippen LogP contribution is -2.34. The number of ether oxygens (including phenoxy) is 3. The molecule has 3 saturated carbocycles. The number of hydrogen-bond donors (Lipinski definition) is 1. The van der Waals surface area contributed by atoms with Gasteiger partial charge in [-0.1, -0.05) is 39.0 Å². The SMILES string of the molecule is CCCOCCCOC1CCC2CC(CCC3CCC(OCCCCCCO)CC3)CCC2C1. The molecule has 34 heavy (non-hydrogen) atoms. The smallest absolute Gasteiger partial charge is 0.0578 e. The molecule has 0 bridgehead atoms. The topological polar surface area (TPSA) is 47.9 Å². The lowest BCUT2D eigenvalue weighted by molar-refractivity contribution is -0.0269. The summed E-state index contributed by atoms with van der Waals surface area (Å²) in [7, 11) is 0. The Morgan fingerprint density at radius 3 is 2.06 bits per heavy atom. The van der Waals surface area contributed by atoms with E-state index in [1.807, 2.05) is 0 Å². The number of hydrogen-bond acceptors (Lipinski definition) is 4. The van der Waals surface area contributed by atoms with Gasteiger partial charge in [0, 0.05) is 33.0 Å². The Hall–Kier alpha value is -0.160. The minimum atomic E-state index is 0.332. The standard InChI is InChI=1S/C30H56O4/c1-2-19-32-20-7-22-34-30-17-14-27-23-26(10-13-28(27)24-30)9-8-25-11-15-29(16-12-25)33-21-6-4-3-5-18-31/h25-31H,2-24H2,1H3. The third kappa shape index (κ3) is 10.8. The summed E-state index contributed by atoms with van der Waals surface area (Å²) in [4.78, 5) is 0. The van der Waals surface area contributed by atoms with Crippen LogP contribution in [0.1, 0.15) is 122 Å². The summed E-state index contributed by atoms with van der Waals surface area (Å²) < 4.78 is 17.9. The first-order valence-corrected chi connectivity index (χ1v) is 15.2. The maximum atomic E-state index is 8.85. The van der Waals surface area contributed by atoms with E-state index in [9.17, 15) is 0 Å². The third-order valence-corrected chi connectivity index (χ3v) is 8.99. The van der Waals surface area contributed by atoms with Crippen LogP contribution in [0.2, 0.25) is 0 Å². The minimum Gasteiger partial charge on any atom is -0.396 e. The van der Waals surface area contributed by atoms with Gasteiger partial charge in [0.1, 0.15) is 0 Å². The van der Waals surface area contributed by atoms with Crippen molar-refractivity contribution in [3.05, 3.63) is 0 Å². The Labute approximate surface area is 210 Å². The Kier molecular flexibility index (Phi) is 14.5. The van der Waals surface area contributed by atoms with Crippen LogP contribution < -0.4 is 0 Å². The third-order valence-electron chi connectivity index (χ3n) is 8.99. The predicted molar refractivity (Wildman–Crippen MR) is 140 cm³/mol. The first kappa shape index (κ1) is 28.4. The van der Waals surface area contributed by atoms with Crippen LogP contribution in [0.5, 0.6) is 0 Å². The van der Waals surface area contributed by atoms with E-state index in [0.717, 1.165) is 82.2 Å². The molecule has 0 heterocycles. The molecule has 0 aromatic rings. The molecular weight excluding hydrogens is 424 g/mol. The van der Waals surface area contributed by atoms with E-state index in [4.69, 9.17) is 19.3 Å². The number of aliphatic hydroxyl groups excluding tert-OH is 1. The van der Waals surface area contributed by atoms with Gasteiger partial charge in [-0.25, -0.2) is 0 Å². The number of aliphatic hydroxyl groups is 1. The molecule has 0 aromatic heterocycles. The summed E-state index contributed by atoms with van der Waals surface area (Å²) in [5.74, 6) is 3.85. The van der Waals surface area contributed by atoms with Crippen LogP contribution in [0.15, 0.2) is 0 Å². The van der Waals surface area contributed by atoms with Gasteiger partial charge in [-0.3, -0.25) is 0 Å². The van der Waals surface area contributed by atoms with E-state index < -0.39 is 0 Å². The van der Waals surface area contributed by atoms with Crippen LogP contribution in [0.4, 0.5) is 0 Å². The average Bonchev–Trinajstić information content (AvgIpc) is 2.87. The Balaban J connectivity index is 1.20. The number of unbranched alkanes of at least 4 members (excludes halogenated alkanes) is 3. The number of rotatable bonds is 17. The van der Waals surface area contributed by atoms with E-state index in [1.165, 1.54) is 83.5 Å². The molecule has 0 spiro atoms. The summed E-state index contributed by atoms with van der Waals surface area (Å²) in [5, 5.41) is 8.85. The maximum Gasteiger partial charge on any atom is 0.0578 e. The normalized spacial score (nSPS) is 31.9. The van der Waals surface area contributed by atoms with Crippen molar-refractivity contribution in [2.75, 3.05) is 33.0 Å². The molecule has 0 aromatic carbocycles. The fourth-order valence-electron chi connectivity index (χ4n) is 6.89. The maximum absolute atomic E-state index is 8.85. The van der Waals surface area contributed by atoms with Crippen molar-refractivity contribution in [1.29, 1.82) is 0 Å². The Morgan fingerprint density at radius 2 is 1.24 bits per heavy atom. The van der Waals surface area contributed by atoms with E-state index in [1.54, 1.807) is 0 Å². The van der Waals surface area contributed by atoms with Gasteiger partial charge in [-0.2, -0.15) is 0 Å². The molecule has 3 aliphatic carbocycles. The quantitative estimate of drug-likeness (QED) is 0.222. The van der Waals surface area contributed by atoms with Crippen molar-refractivity contribution in [3.63, 3.8) is 0 Å². The van der Waals surface area contributed by atoms with Crippen molar-refractivity contribution in [2.45, 2.75) is 135 Å². The first-order valence-electron chi connectivity index (χ1n) is 15.2. The van der Waals surface area contributed by atoms with Crippen molar-refractivity contribution in [2.24, 2.45) is 23.7 Å². The zero-order valence-electron chi connectivity index (χ0n) is 22.4. The van der Waals surface area contributed by atoms with E-state index in [-0.39, 0.29) is 0 Å². The summed E-state index contributed by atoms with van der Waals surface area (Å²) in [6, 6.07) is 0. The highest BCUT2D eigenvalue weighted by Crippen LogP contribution is 2.45. The molecule has 3 aliphatic rings. The summed E-state index contributed by atoms with van der Waals surface area (Å²) in [5.41, 5.74) is 0. The molecular formula is C30H56O4. The zero-order valence-corrected chi connectivity index (χ0v) is 22.4. The van der Waals surface area contributed by atoms with Crippen molar-refractivity contribution in [3.8, 4) is 0 Å². The molecule has 0 radical (unpaired) electrons. The average molecular weight is 481 g/mol. The van der Waals surface area contributed by atoms with Gasteiger partial charge >= 0.3 is 0 Å². The molecule has 4 nitrogen and oxygen atoms in total. The largest absolute Gasteiger partial charge is 0.396 e. The molecule has 4 atom stereocenters. The van der Waals surface area contributed by atoms with Crippen LogP contribution >= 0.6 is 0 Å². The van der Waals surface area contributed by atoms with Crippen LogP contribution in [0.25, 0.3) is 0 Å². The van der Waals surface area contributed by atoms with Crippen LogP contribution in [0.3, 0.4) is 0 Å². The van der Waals surface area contributed by atoms with Gasteiger partial charge in [0.15, 0.2) is 0 Å². The molecule has 3 fully saturated rings. The molecule has 0 aliphatic heterocycles. The second-order valence-electron chi connectivity index (χ2n) is 11.7. The van der Waals surface area contributed by atoms with Crippen LogP contribution in [0, 0.1) is 23.7 Å².